The van der Waals surface area contributed by atoms with Gasteiger partial charge in [-0.2, -0.15) is 13.2 Å². The van der Waals surface area contributed by atoms with Crippen molar-refractivity contribution >= 4 is 5.78 Å². The molecule has 4 heteroatoms. The van der Waals surface area contributed by atoms with Crippen molar-refractivity contribution in [1.29, 1.82) is 0 Å². The summed E-state index contributed by atoms with van der Waals surface area (Å²) in [5.41, 5.74) is 1.67. The number of carbonyl (C=O) groups is 1. The maximum Gasteiger partial charge on any atom is 0.416 e. The van der Waals surface area contributed by atoms with Crippen LogP contribution in [-0.4, -0.2) is 5.78 Å². The van der Waals surface area contributed by atoms with E-state index < -0.39 is 17.5 Å². The lowest BCUT2D eigenvalue weighted by Crippen LogP contribution is -2.05. The Morgan fingerprint density at radius 1 is 1.27 bits per heavy atom. The molecule has 1 aromatic carbocycles. The maximum atomic E-state index is 12.2. The number of hydrogen-bond donors (Lipinski definition) is 0. The van der Waals surface area contributed by atoms with Crippen LogP contribution < -0.4 is 0 Å². The summed E-state index contributed by atoms with van der Waals surface area (Å²) in [5, 5.41) is 0. The monoisotopic (exact) mass is 212 g/mol. The van der Waals surface area contributed by atoms with Crippen molar-refractivity contribution < 1.29 is 18.0 Å². The van der Waals surface area contributed by atoms with Crippen LogP contribution in [0.3, 0.4) is 0 Å². The standard InChI is InChI=1S/C11H7F3O/c1-2-3-10(15)8-4-6-9(7-5-8)11(12,13)14/h3-7H,1H2. The first-order valence-corrected chi connectivity index (χ1v) is 4.02. The predicted molar refractivity (Wildman–Crippen MR) is 49.5 cm³/mol. The van der Waals surface area contributed by atoms with Crippen LogP contribution in [0.25, 0.3) is 0 Å². The van der Waals surface area contributed by atoms with E-state index in [1.807, 2.05) is 0 Å². The fourth-order valence-electron chi connectivity index (χ4n) is 1.000. The Balaban J connectivity index is 3.00. The van der Waals surface area contributed by atoms with Crippen LogP contribution >= 0.6 is 0 Å². The van der Waals surface area contributed by atoms with E-state index in [2.05, 4.69) is 12.3 Å². The second kappa shape index (κ2) is 4.15. The Kier molecular flexibility index (Phi) is 3.12. The van der Waals surface area contributed by atoms with Crippen molar-refractivity contribution in [2.24, 2.45) is 0 Å². The molecule has 0 saturated heterocycles. The fourth-order valence-corrected chi connectivity index (χ4v) is 1.000. The molecule has 0 heterocycles. The molecule has 1 aromatic rings. The van der Waals surface area contributed by atoms with Crippen LogP contribution in [0, 0.1) is 0 Å². The number of benzene rings is 1. The summed E-state index contributed by atoms with van der Waals surface area (Å²) in [7, 11) is 0. The highest BCUT2D eigenvalue weighted by Gasteiger charge is 2.30. The summed E-state index contributed by atoms with van der Waals surface area (Å²) < 4.78 is 36.5. The third-order valence-corrected chi connectivity index (χ3v) is 1.73. The Bertz CT molecular complexity index is 408. The molecule has 0 aliphatic rings. The van der Waals surface area contributed by atoms with E-state index in [1.165, 1.54) is 0 Å². The topological polar surface area (TPSA) is 17.1 Å². The summed E-state index contributed by atoms with van der Waals surface area (Å²) >= 11 is 0. The number of carbonyl (C=O) groups excluding carboxylic acids is 1. The van der Waals surface area contributed by atoms with Crippen LogP contribution in [0.1, 0.15) is 15.9 Å². The van der Waals surface area contributed by atoms with Gasteiger partial charge in [0.2, 0.25) is 0 Å². The summed E-state index contributed by atoms with van der Waals surface area (Å²) in [6, 6.07) is 3.98. The van der Waals surface area contributed by atoms with Crippen molar-refractivity contribution in [2.45, 2.75) is 6.18 Å². The first kappa shape index (κ1) is 11.3. The Labute approximate surface area is 84.5 Å². The van der Waals surface area contributed by atoms with Crippen molar-refractivity contribution in [3.05, 3.63) is 53.8 Å². The molecule has 0 aliphatic carbocycles. The van der Waals surface area contributed by atoms with Crippen LogP contribution in [0.2, 0.25) is 0 Å². The fraction of sp³-hybridized carbons (Fsp3) is 0.0909. The van der Waals surface area contributed by atoms with Crippen LogP contribution in [-0.2, 0) is 6.18 Å². The molecule has 0 aliphatic heterocycles. The van der Waals surface area contributed by atoms with E-state index in [9.17, 15) is 18.0 Å². The number of alkyl halides is 3. The number of hydrogen-bond acceptors (Lipinski definition) is 1. The van der Waals surface area contributed by atoms with E-state index in [0.717, 1.165) is 30.3 Å². The van der Waals surface area contributed by atoms with E-state index in [0.29, 0.717) is 0 Å². The minimum absolute atomic E-state index is 0.180. The lowest BCUT2D eigenvalue weighted by molar-refractivity contribution is -0.137. The minimum atomic E-state index is -4.38. The second-order valence-electron chi connectivity index (χ2n) is 2.79. The first-order chi connectivity index (χ1) is 6.95. The minimum Gasteiger partial charge on any atom is -0.289 e. The molecule has 0 saturated carbocycles. The zero-order valence-corrected chi connectivity index (χ0v) is 7.64. The van der Waals surface area contributed by atoms with Gasteiger partial charge in [0.05, 0.1) is 5.56 Å². The van der Waals surface area contributed by atoms with Gasteiger partial charge in [-0.05, 0) is 12.1 Å². The third-order valence-electron chi connectivity index (χ3n) is 1.73. The van der Waals surface area contributed by atoms with Crippen LogP contribution in [0.15, 0.2) is 42.7 Å². The van der Waals surface area contributed by atoms with Gasteiger partial charge in [-0.3, -0.25) is 4.79 Å². The predicted octanol–water partition coefficient (Wildman–Crippen LogP) is 3.23. The summed E-state index contributed by atoms with van der Waals surface area (Å²) in [6.07, 6.45) is -3.31. The van der Waals surface area contributed by atoms with Crippen LogP contribution in [0.4, 0.5) is 13.2 Å². The van der Waals surface area contributed by atoms with Gasteiger partial charge in [-0.15, -0.1) is 5.73 Å². The largest absolute Gasteiger partial charge is 0.416 e. The van der Waals surface area contributed by atoms with Crippen LogP contribution in [0.5, 0.6) is 0 Å². The summed E-state index contributed by atoms with van der Waals surface area (Å²) in [5.74, 6) is -0.418. The van der Waals surface area contributed by atoms with Gasteiger partial charge in [-0.25, -0.2) is 0 Å². The molecular weight excluding hydrogens is 205 g/mol. The normalized spacial score (nSPS) is 10.6. The SMILES string of the molecule is C=C=CC(=O)c1ccc(C(F)(F)F)cc1. The molecule has 0 amide bonds. The zero-order chi connectivity index (χ0) is 11.5. The highest BCUT2D eigenvalue weighted by atomic mass is 19.4. The second-order valence-corrected chi connectivity index (χ2v) is 2.79. The average Bonchev–Trinajstić information content (AvgIpc) is 2.17. The molecule has 0 bridgehead atoms. The lowest BCUT2D eigenvalue weighted by Gasteiger charge is -2.05. The smallest absolute Gasteiger partial charge is 0.289 e. The van der Waals surface area contributed by atoms with Gasteiger partial charge >= 0.3 is 6.18 Å². The van der Waals surface area contributed by atoms with Gasteiger partial charge in [0.1, 0.15) is 0 Å². The van der Waals surface area contributed by atoms with Crippen molar-refractivity contribution in [1.82, 2.24) is 0 Å². The Hall–Kier alpha value is -1.80. The molecule has 0 aromatic heterocycles. The summed E-state index contributed by atoms with van der Waals surface area (Å²) in [6.45, 7) is 3.20. The van der Waals surface area contributed by atoms with Gasteiger partial charge < -0.3 is 0 Å². The highest BCUT2D eigenvalue weighted by Crippen LogP contribution is 2.29. The van der Waals surface area contributed by atoms with Gasteiger partial charge in [0.15, 0.2) is 5.78 Å². The van der Waals surface area contributed by atoms with E-state index in [-0.39, 0.29) is 5.56 Å². The first-order valence-electron chi connectivity index (χ1n) is 4.02. The van der Waals surface area contributed by atoms with E-state index in [1.54, 1.807) is 0 Å². The van der Waals surface area contributed by atoms with Crippen molar-refractivity contribution in [2.75, 3.05) is 0 Å². The van der Waals surface area contributed by atoms with Gasteiger partial charge in [-0.1, -0.05) is 18.7 Å². The zero-order valence-electron chi connectivity index (χ0n) is 7.64. The molecule has 15 heavy (non-hydrogen) atoms. The molecule has 0 N–H and O–H groups in total. The van der Waals surface area contributed by atoms with Gasteiger partial charge in [0.25, 0.3) is 0 Å². The quantitative estimate of drug-likeness (QED) is 0.418. The van der Waals surface area contributed by atoms with E-state index >= 15 is 0 Å². The Morgan fingerprint density at radius 3 is 2.20 bits per heavy atom. The average molecular weight is 212 g/mol. The van der Waals surface area contributed by atoms with E-state index in [4.69, 9.17) is 0 Å². The molecule has 0 unspecified atom stereocenters. The molecule has 0 spiro atoms. The Morgan fingerprint density at radius 2 is 1.80 bits per heavy atom. The molecule has 1 rings (SSSR count). The molecular formula is C11H7F3O. The van der Waals surface area contributed by atoms with Crippen molar-refractivity contribution in [3.63, 3.8) is 0 Å². The van der Waals surface area contributed by atoms with Gasteiger partial charge in [0, 0.05) is 11.6 Å². The molecule has 78 valence electrons. The number of rotatable bonds is 2. The molecule has 1 nitrogen and oxygen atoms in total. The molecule has 0 atom stereocenters. The highest BCUT2D eigenvalue weighted by molar-refractivity contribution is 6.04. The molecule has 0 radical (unpaired) electrons. The maximum absolute atomic E-state index is 12.2. The number of ketones is 1. The molecule has 0 fully saturated rings. The number of allylic oxidation sites excluding steroid dienone is 1. The van der Waals surface area contributed by atoms with Crippen molar-refractivity contribution in [3.8, 4) is 0 Å². The third kappa shape index (κ3) is 2.82. The summed E-state index contributed by atoms with van der Waals surface area (Å²) in [4.78, 5) is 11.2. The number of halogens is 3. The lowest BCUT2D eigenvalue weighted by atomic mass is 10.1.